The monoisotopic (exact) mass is 588 g/mol. The molecule has 0 fully saturated rings. The molecule has 0 aliphatic rings. The molecule has 2 heteroatoms. The van der Waals surface area contributed by atoms with Crippen LogP contribution in [0.5, 0.6) is 0 Å². The van der Waals surface area contributed by atoms with Crippen LogP contribution < -0.4 is 0 Å². The number of nitrogens with zero attached hydrogens (tertiary/aromatic N) is 2. The van der Waals surface area contributed by atoms with Crippen LogP contribution in [0.15, 0.2) is 158 Å². The fourth-order valence-electron chi connectivity index (χ4n) is 6.74. The van der Waals surface area contributed by atoms with Crippen LogP contribution in [0, 0.1) is 13.8 Å². The second-order valence-corrected chi connectivity index (χ2v) is 11.9. The molecule has 218 valence electrons. The highest BCUT2D eigenvalue weighted by Crippen LogP contribution is 2.47. The summed E-state index contributed by atoms with van der Waals surface area (Å²) in [5.41, 5.74) is 14.0. The Morgan fingerprint density at radius 2 is 0.826 bits per heavy atom. The van der Waals surface area contributed by atoms with Gasteiger partial charge in [-0.2, -0.15) is 0 Å². The first-order chi connectivity index (χ1) is 22.7. The normalized spacial score (nSPS) is 11.3. The van der Waals surface area contributed by atoms with Crippen molar-refractivity contribution in [2.75, 3.05) is 0 Å². The Balaban J connectivity index is 1.49. The average Bonchev–Trinajstić information content (AvgIpc) is 3.12. The standard InChI is InChI=1S/C44H32N2/c1-29-18-20-33(41-16-8-10-24-45-41)27-38(29)43-35-14-6-7-15-36(35)44(39-28-34(21-19-30(39)2)42-17-9-11-25-46-42)40-26-32(22-23-37(40)43)31-12-4-3-5-13-31/h3-28H,1-2H3. The van der Waals surface area contributed by atoms with E-state index in [0.29, 0.717) is 0 Å². The average molecular weight is 589 g/mol. The summed E-state index contributed by atoms with van der Waals surface area (Å²) in [5, 5.41) is 4.94. The maximum atomic E-state index is 4.68. The van der Waals surface area contributed by atoms with E-state index in [0.717, 1.165) is 22.5 Å². The molecule has 0 N–H and O–H groups in total. The Bertz CT molecular complexity index is 2360. The lowest BCUT2D eigenvalue weighted by molar-refractivity contribution is 1.32. The van der Waals surface area contributed by atoms with Gasteiger partial charge >= 0.3 is 0 Å². The lowest BCUT2D eigenvalue weighted by atomic mass is 9.82. The highest BCUT2D eigenvalue weighted by atomic mass is 14.7. The molecule has 8 rings (SSSR count). The van der Waals surface area contributed by atoms with Gasteiger partial charge in [0.25, 0.3) is 0 Å². The summed E-state index contributed by atoms with van der Waals surface area (Å²) < 4.78 is 0. The van der Waals surface area contributed by atoms with E-state index < -0.39 is 0 Å². The van der Waals surface area contributed by atoms with Crippen molar-refractivity contribution in [3.8, 4) is 55.9 Å². The Kier molecular flexibility index (Phi) is 6.96. The van der Waals surface area contributed by atoms with Crippen molar-refractivity contribution in [3.63, 3.8) is 0 Å². The molecule has 0 spiro atoms. The van der Waals surface area contributed by atoms with Crippen molar-refractivity contribution in [2.24, 2.45) is 0 Å². The molecule has 2 aromatic heterocycles. The van der Waals surface area contributed by atoms with Crippen LogP contribution in [0.4, 0.5) is 0 Å². The molecule has 0 aliphatic heterocycles. The van der Waals surface area contributed by atoms with Gasteiger partial charge in [0.05, 0.1) is 11.4 Å². The van der Waals surface area contributed by atoms with Crippen LogP contribution in [0.25, 0.3) is 77.4 Å². The van der Waals surface area contributed by atoms with E-state index >= 15 is 0 Å². The van der Waals surface area contributed by atoms with Crippen molar-refractivity contribution in [3.05, 3.63) is 169 Å². The maximum absolute atomic E-state index is 4.68. The van der Waals surface area contributed by atoms with Crippen molar-refractivity contribution in [1.29, 1.82) is 0 Å². The van der Waals surface area contributed by atoms with E-state index in [1.165, 1.54) is 66.1 Å². The summed E-state index contributed by atoms with van der Waals surface area (Å²) in [7, 11) is 0. The molecule has 0 aliphatic carbocycles. The zero-order valence-electron chi connectivity index (χ0n) is 25.9. The van der Waals surface area contributed by atoms with Crippen molar-refractivity contribution >= 4 is 21.5 Å². The Labute approximate surface area is 269 Å². The summed E-state index contributed by atoms with van der Waals surface area (Å²) >= 11 is 0. The van der Waals surface area contributed by atoms with Gasteiger partial charge in [0.1, 0.15) is 0 Å². The maximum Gasteiger partial charge on any atom is 0.0702 e. The number of aromatic nitrogens is 2. The van der Waals surface area contributed by atoms with Gasteiger partial charge in [-0.15, -0.1) is 0 Å². The highest BCUT2D eigenvalue weighted by molar-refractivity contribution is 6.22. The fourth-order valence-corrected chi connectivity index (χ4v) is 6.74. The van der Waals surface area contributed by atoms with Crippen LogP contribution >= 0.6 is 0 Å². The van der Waals surface area contributed by atoms with E-state index in [1.54, 1.807) is 0 Å². The number of hydrogen-bond acceptors (Lipinski definition) is 2. The molecule has 2 heterocycles. The summed E-state index contributed by atoms with van der Waals surface area (Å²) in [6.45, 7) is 4.43. The van der Waals surface area contributed by atoms with E-state index in [-0.39, 0.29) is 0 Å². The van der Waals surface area contributed by atoms with Crippen LogP contribution in [-0.2, 0) is 0 Å². The Morgan fingerprint density at radius 1 is 0.348 bits per heavy atom. The lowest BCUT2D eigenvalue weighted by Crippen LogP contribution is -1.95. The van der Waals surface area contributed by atoms with Crippen molar-refractivity contribution in [2.45, 2.75) is 13.8 Å². The second kappa shape index (κ2) is 11.6. The zero-order chi connectivity index (χ0) is 31.0. The lowest BCUT2D eigenvalue weighted by Gasteiger charge is -2.21. The van der Waals surface area contributed by atoms with Gasteiger partial charge in [0, 0.05) is 23.5 Å². The SMILES string of the molecule is Cc1ccc(-c2ccccn2)cc1-c1c2ccccc2c(-c2cc(-c3ccccn3)ccc2C)c2cc(-c3ccccc3)ccc12. The second-order valence-electron chi connectivity index (χ2n) is 11.9. The largest absolute Gasteiger partial charge is 0.256 e. The number of pyridine rings is 2. The van der Waals surface area contributed by atoms with Crippen LogP contribution in [-0.4, -0.2) is 9.97 Å². The van der Waals surface area contributed by atoms with E-state index in [9.17, 15) is 0 Å². The smallest absolute Gasteiger partial charge is 0.0702 e. The molecule has 8 aromatic rings. The Morgan fingerprint density at radius 3 is 1.37 bits per heavy atom. The number of benzene rings is 6. The molecule has 0 saturated carbocycles. The fraction of sp³-hybridized carbons (Fsp3) is 0.0455. The predicted octanol–water partition coefficient (Wildman–Crippen LogP) is 11.7. The number of aryl methyl sites for hydroxylation is 2. The molecule has 0 amide bonds. The minimum absolute atomic E-state index is 0.973. The van der Waals surface area contributed by atoms with Gasteiger partial charge in [-0.05, 0) is 122 Å². The van der Waals surface area contributed by atoms with Gasteiger partial charge in [0.15, 0.2) is 0 Å². The van der Waals surface area contributed by atoms with E-state index in [2.05, 4.69) is 151 Å². The summed E-state index contributed by atoms with van der Waals surface area (Å²) in [5.74, 6) is 0. The summed E-state index contributed by atoms with van der Waals surface area (Å²) in [6.07, 6.45) is 3.73. The summed E-state index contributed by atoms with van der Waals surface area (Å²) in [4.78, 5) is 9.36. The van der Waals surface area contributed by atoms with Crippen LogP contribution in [0.2, 0.25) is 0 Å². The van der Waals surface area contributed by atoms with Crippen LogP contribution in [0.3, 0.4) is 0 Å². The van der Waals surface area contributed by atoms with Gasteiger partial charge in [-0.25, -0.2) is 0 Å². The first-order valence-corrected chi connectivity index (χ1v) is 15.7. The zero-order valence-corrected chi connectivity index (χ0v) is 25.9. The van der Waals surface area contributed by atoms with Crippen LogP contribution in [0.1, 0.15) is 11.1 Å². The third kappa shape index (κ3) is 4.85. The molecule has 46 heavy (non-hydrogen) atoms. The first kappa shape index (κ1) is 27.7. The van der Waals surface area contributed by atoms with Crippen molar-refractivity contribution in [1.82, 2.24) is 9.97 Å². The first-order valence-electron chi connectivity index (χ1n) is 15.7. The number of hydrogen-bond donors (Lipinski definition) is 0. The Hall–Kier alpha value is -5.86. The third-order valence-electron chi connectivity index (χ3n) is 9.07. The minimum atomic E-state index is 0.973. The third-order valence-corrected chi connectivity index (χ3v) is 9.07. The summed E-state index contributed by atoms with van der Waals surface area (Å²) in [6, 6.07) is 52.2. The molecule has 0 atom stereocenters. The molecule has 0 unspecified atom stereocenters. The molecular formula is C44H32N2. The molecule has 6 aromatic carbocycles. The topological polar surface area (TPSA) is 25.8 Å². The molecule has 0 radical (unpaired) electrons. The molecular weight excluding hydrogens is 556 g/mol. The van der Waals surface area contributed by atoms with Crippen molar-refractivity contribution < 1.29 is 0 Å². The van der Waals surface area contributed by atoms with Gasteiger partial charge < -0.3 is 0 Å². The minimum Gasteiger partial charge on any atom is -0.256 e. The number of rotatable bonds is 5. The van der Waals surface area contributed by atoms with E-state index in [1.807, 2.05) is 30.6 Å². The van der Waals surface area contributed by atoms with Gasteiger partial charge in [-0.1, -0.05) is 103 Å². The molecule has 2 nitrogen and oxygen atoms in total. The number of fused-ring (bicyclic) bond motifs is 2. The molecule has 0 bridgehead atoms. The highest BCUT2D eigenvalue weighted by Gasteiger charge is 2.20. The molecule has 0 saturated heterocycles. The van der Waals surface area contributed by atoms with Gasteiger partial charge in [-0.3, -0.25) is 9.97 Å². The quantitative estimate of drug-likeness (QED) is 0.187. The van der Waals surface area contributed by atoms with Gasteiger partial charge in [0.2, 0.25) is 0 Å². The predicted molar refractivity (Wildman–Crippen MR) is 194 cm³/mol. The van der Waals surface area contributed by atoms with E-state index in [4.69, 9.17) is 0 Å².